The number of epoxide rings is 1. The van der Waals surface area contributed by atoms with E-state index in [9.17, 15) is 8.42 Å². The van der Waals surface area contributed by atoms with Crippen LogP contribution in [0.3, 0.4) is 0 Å². The normalized spacial score (nSPS) is 19.1. The van der Waals surface area contributed by atoms with Crippen LogP contribution in [0.4, 0.5) is 0 Å². The number of ether oxygens (including phenoxy) is 1. The van der Waals surface area contributed by atoms with Gasteiger partial charge in [-0.25, -0.2) is 8.42 Å². The highest BCUT2D eigenvalue weighted by Crippen LogP contribution is 2.22. The maximum atomic E-state index is 13.0. The molecule has 1 saturated heterocycles. The summed E-state index contributed by atoms with van der Waals surface area (Å²) in [6, 6.07) is 16.4. The van der Waals surface area contributed by atoms with Crippen LogP contribution in [0.5, 0.6) is 0 Å². The summed E-state index contributed by atoms with van der Waals surface area (Å²) in [5.41, 5.74) is 1.88. The van der Waals surface area contributed by atoms with Crippen molar-refractivity contribution in [3.05, 3.63) is 77.9 Å². The number of nitrogens with zero attached hydrogens (tertiary/aromatic N) is 1. The first-order chi connectivity index (χ1) is 13.0. The highest BCUT2D eigenvalue weighted by atomic mass is 32.2. The Morgan fingerprint density at radius 2 is 1.78 bits per heavy atom. The minimum Gasteiger partial charge on any atom is -0.365 e. The molecule has 0 bridgehead atoms. The van der Waals surface area contributed by atoms with E-state index in [1.807, 2.05) is 56.3 Å². The zero-order valence-corrected chi connectivity index (χ0v) is 16.3. The molecule has 0 aromatic heterocycles. The number of benzene rings is 2. The Bertz CT molecular complexity index is 954. The van der Waals surface area contributed by atoms with Gasteiger partial charge in [0.15, 0.2) is 0 Å². The Balaban J connectivity index is 1.79. The Kier molecular flexibility index (Phi) is 6.12. The van der Waals surface area contributed by atoms with Gasteiger partial charge >= 0.3 is 0 Å². The van der Waals surface area contributed by atoms with Crippen LogP contribution in [0.25, 0.3) is 0 Å². The van der Waals surface area contributed by atoms with Gasteiger partial charge in [-0.15, -0.1) is 0 Å². The van der Waals surface area contributed by atoms with Crippen LogP contribution in [0.2, 0.25) is 0 Å². The second kappa shape index (κ2) is 8.53. The van der Waals surface area contributed by atoms with Gasteiger partial charge in [-0.1, -0.05) is 59.9 Å². The molecule has 0 amide bonds. The van der Waals surface area contributed by atoms with E-state index in [0.717, 1.165) is 11.1 Å². The molecular formula is C22H23NO3S. The maximum Gasteiger partial charge on any atom is 0.244 e. The second-order valence-corrected chi connectivity index (χ2v) is 8.45. The smallest absolute Gasteiger partial charge is 0.244 e. The van der Waals surface area contributed by atoms with Crippen LogP contribution in [-0.2, 0) is 14.8 Å². The molecule has 1 aliphatic rings. The summed E-state index contributed by atoms with van der Waals surface area (Å²) in [5, 5.41) is 0. The fraction of sp³-hybridized carbons (Fsp3) is 0.273. The Morgan fingerprint density at radius 1 is 1.11 bits per heavy atom. The van der Waals surface area contributed by atoms with Gasteiger partial charge in [0.25, 0.3) is 0 Å². The molecule has 2 aromatic rings. The van der Waals surface area contributed by atoms with Crippen molar-refractivity contribution in [2.45, 2.75) is 31.0 Å². The Hall–Kier alpha value is -2.39. The molecule has 3 rings (SSSR count). The van der Waals surface area contributed by atoms with Crippen molar-refractivity contribution >= 4 is 10.0 Å². The third-order valence-corrected chi connectivity index (χ3v) is 6.14. The minimum atomic E-state index is -3.62. The molecule has 0 radical (unpaired) electrons. The van der Waals surface area contributed by atoms with Gasteiger partial charge in [-0.2, -0.15) is 4.31 Å². The lowest BCUT2D eigenvalue weighted by Gasteiger charge is -2.18. The van der Waals surface area contributed by atoms with Crippen molar-refractivity contribution in [1.29, 1.82) is 0 Å². The minimum absolute atomic E-state index is 0.0873. The fourth-order valence-electron chi connectivity index (χ4n) is 2.58. The molecule has 0 N–H and O–H groups in total. The van der Waals surface area contributed by atoms with Crippen LogP contribution >= 0.6 is 0 Å². The van der Waals surface area contributed by atoms with Gasteiger partial charge in [0, 0.05) is 12.1 Å². The monoisotopic (exact) mass is 381 g/mol. The summed E-state index contributed by atoms with van der Waals surface area (Å²) in [5.74, 6) is 6.00. The van der Waals surface area contributed by atoms with E-state index in [4.69, 9.17) is 4.74 Å². The van der Waals surface area contributed by atoms with Gasteiger partial charge in [0.2, 0.25) is 10.0 Å². The third-order valence-electron chi connectivity index (χ3n) is 4.31. The lowest BCUT2D eigenvalue weighted by atomic mass is 10.2. The maximum absolute atomic E-state index is 13.0. The van der Waals surface area contributed by atoms with Crippen molar-refractivity contribution in [1.82, 2.24) is 4.31 Å². The number of sulfonamides is 1. The van der Waals surface area contributed by atoms with Crippen LogP contribution in [-0.4, -0.2) is 38.0 Å². The zero-order chi connectivity index (χ0) is 19.3. The van der Waals surface area contributed by atoms with E-state index in [2.05, 4.69) is 11.8 Å². The Labute approximate surface area is 161 Å². The number of aryl methyl sites for hydroxylation is 1. The van der Waals surface area contributed by atoms with E-state index in [1.165, 1.54) is 4.31 Å². The second-order valence-electron chi connectivity index (χ2n) is 6.51. The molecule has 27 heavy (non-hydrogen) atoms. The average molecular weight is 381 g/mol. The van der Waals surface area contributed by atoms with Crippen LogP contribution in [0, 0.1) is 18.8 Å². The van der Waals surface area contributed by atoms with Crippen LogP contribution in [0.15, 0.2) is 71.6 Å². The van der Waals surface area contributed by atoms with E-state index in [0.29, 0.717) is 0 Å². The molecule has 2 aromatic carbocycles. The highest BCUT2D eigenvalue weighted by Gasteiger charge is 2.31. The van der Waals surface area contributed by atoms with Gasteiger partial charge in [-0.05, 0) is 38.1 Å². The lowest BCUT2D eigenvalue weighted by molar-refractivity contribution is 0.399. The summed E-state index contributed by atoms with van der Waals surface area (Å²) in [7, 11) is -3.62. The molecule has 1 aliphatic heterocycles. The first-order valence-corrected chi connectivity index (χ1v) is 10.3. The van der Waals surface area contributed by atoms with Crippen molar-refractivity contribution in [3.63, 3.8) is 0 Å². The summed E-state index contributed by atoms with van der Waals surface area (Å²) < 4.78 is 32.8. The topological polar surface area (TPSA) is 49.9 Å². The number of hydrogen-bond donors (Lipinski definition) is 0. The van der Waals surface area contributed by atoms with Gasteiger partial charge in [-0.3, -0.25) is 0 Å². The lowest BCUT2D eigenvalue weighted by Crippen LogP contribution is -2.31. The molecule has 2 atom stereocenters. The standard InChI is InChI=1S/C22H23NO3S/c1-18-12-14-21(15-13-18)27(24,25)23(17-7-11-22-19(2)26-22)16-6-10-20-8-4-3-5-9-20/h3-5,7-9,11-15,19,22H,16-17H2,1-2H3/b11-7+/t19-,22-/m1/s1. The molecule has 1 heterocycles. The van der Waals surface area contributed by atoms with Crippen molar-refractivity contribution in [2.24, 2.45) is 0 Å². The highest BCUT2D eigenvalue weighted by molar-refractivity contribution is 7.89. The molecule has 140 valence electrons. The number of rotatable bonds is 6. The zero-order valence-electron chi connectivity index (χ0n) is 15.5. The summed E-state index contributed by atoms with van der Waals surface area (Å²) in [4.78, 5) is 0.277. The molecule has 1 fully saturated rings. The summed E-state index contributed by atoms with van der Waals surface area (Å²) >= 11 is 0. The molecular weight excluding hydrogens is 358 g/mol. The van der Waals surface area contributed by atoms with Crippen molar-refractivity contribution in [3.8, 4) is 11.8 Å². The summed E-state index contributed by atoms with van der Waals surface area (Å²) in [6.45, 7) is 4.29. The molecule has 0 unspecified atom stereocenters. The van der Waals surface area contributed by atoms with Crippen molar-refractivity contribution < 1.29 is 13.2 Å². The van der Waals surface area contributed by atoms with Crippen molar-refractivity contribution in [2.75, 3.05) is 13.1 Å². The van der Waals surface area contributed by atoms with Gasteiger partial charge < -0.3 is 4.74 Å². The van der Waals surface area contributed by atoms with Gasteiger partial charge in [0.1, 0.15) is 6.10 Å². The van der Waals surface area contributed by atoms with E-state index in [-0.39, 0.29) is 30.2 Å². The van der Waals surface area contributed by atoms with Crippen LogP contribution < -0.4 is 0 Å². The summed E-state index contributed by atoms with van der Waals surface area (Å²) in [6.07, 6.45) is 4.04. The van der Waals surface area contributed by atoms with E-state index in [1.54, 1.807) is 24.3 Å². The average Bonchev–Trinajstić information content (AvgIpc) is 3.36. The largest absolute Gasteiger partial charge is 0.365 e. The van der Waals surface area contributed by atoms with Crippen LogP contribution in [0.1, 0.15) is 18.1 Å². The molecule has 4 nitrogen and oxygen atoms in total. The van der Waals surface area contributed by atoms with E-state index >= 15 is 0 Å². The fourth-order valence-corrected chi connectivity index (χ4v) is 3.87. The first-order valence-electron chi connectivity index (χ1n) is 8.90. The predicted octanol–water partition coefficient (Wildman–Crippen LogP) is 3.38. The molecule has 5 heteroatoms. The predicted molar refractivity (Wildman–Crippen MR) is 107 cm³/mol. The SMILES string of the molecule is Cc1ccc(S(=O)(=O)N(CC#Cc2ccccc2)C/C=C/[C@H]2O[C@@H]2C)cc1. The third kappa shape index (κ3) is 5.30. The quantitative estimate of drug-likeness (QED) is 0.438. The molecule has 0 spiro atoms. The Morgan fingerprint density at radius 3 is 2.41 bits per heavy atom. The first kappa shape index (κ1) is 19.4. The van der Waals surface area contributed by atoms with E-state index < -0.39 is 10.0 Å². The number of hydrogen-bond acceptors (Lipinski definition) is 3. The molecule has 0 saturated carbocycles. The molecule has 0 aliphatic carbocycles. The van der Waals surface area contributed by atoms with Gasteiger partial charge in [0.05, 0.1) is 17.5 Å².